The van der Waals surface area contributed by atoms with Gasteiger partial charge in [0.15, 0.2) is 9.52 Å². The summed E-state index contributed by atoms with van der Waals surface area (Å²) in [5, 5.41) is 0. The van der Waals surface area contributed by atoms with Crippen molar-refractivity contribution in [3.8, 4) is 12.0 Å². The minimum Gasteiger partial charge on any atom is -0.139 e. The lowest BCUT2D eigenvalue weighted by Crippen LogP contribution is -1.92. The van der Waals surface area contributed by atoms with Gasteiger partial charge in [0.25, 0.3) is 0 Å². The van der Waals surface area contributed by atoms with Gasteiger partial charge >= 0.3 is 0 Å². The van der Waals surface area contributed by atoms with Crippen molar-refractivity contribution in [2.75, 3.05) is 0 Å². The Balaban J connectivity index is 3.03. The van der Waals surface area contributed by atoms with Crippen molar-refractivity contribution in [1.82, 2.24) is 0 Å². The van der Waals surface area contributed by atoms with Gasteiger partial charge in [0.1, 0.15) is 0 Å². The van der Waals surface area contributed by atoms with E-state index in [1.807, 2.05) is 0 Å². The monoisotopic (exact) mass is 110 g/mol. The first-order chi connectivity index (χ1) is 3.31. The lowest BCUT2D eigenvalue weighted by Gasteiger charge is -1.96. The zero-order chi connectivity index (χ0) is 5.70. The number of rotatable bonds is 2. The van der Waals surface area contributed by atoms with Crippen LogP contribution in [0, 0.1) is 12.0 Å². The summed E-state index contributed by atoms with van der Waals surface area (Å²) < 4.78 is 0. The van der Waals surface area contributed by atoms with Gasteiger partial charge in [-0.2, -0.15) is 0 Å². The van der Waals surface area contributed by atoms with E-state index >= 15 is 0 Å². The first kappa shape index (κ1) is 6.78. The Morgan fingerprint density at radius 2 is 2.43 bits per heavy atom. The average Bonchev–Trinajstić information content (AvgIpc) is 1.68. The first-order valence-electron chi connectivity index (χ1n) is 2.52. The van der Waals surface area contributed by atoms with Crippen LogP contribution in [0.2, 0.25) is 5.54 Å². The van der Waals surface area contributed by atoms with Crippen LogP contribution in [0.4, 0.5) is 0 Å². The number of terminal acetylenes is 1. The maximum atomic E-state index is 5.07. The third kappa shape index (κ3) is 3.61. The summed E-state index contributed by atoms with van der Waals surface area (Å²) >= 11 is 0. The van der Waals surface area contributed by atoms with Gasteiger partial charge in [-0.05, 0) is 5.54 Å². The van der Waals surface area contributed by atoms with E-state index in [4.69, 9.17) is 6.42 Å². The van der Waals surface area contributed by atoms with Gasteiger partial charge in [-0.15, -0.1) is 12.0 Å². The molecule has 0 aliphatic carbocycles. The van der Waals surface area contributed by atoms with Crippen LogP contribution >= 0.6 is 0 Å². The largest absolute Gasteiger partial charge is 0.150 e. The van der Waals surface area contributed by atoms with E-state index in [9.17, 15) is 0 Å². The molecule has 0 rings (SSSR count). The molecule has 0 spiro atoms. The van der Waals surface area contributed by atoms with Crippen LogP contribution in [0.25, 0.3) is 0 Å². The molecule has 0 aromatic carbocycles. The van der Waals surface area contributed by atoms with Crippen LogP contribution in [0.3, 0.4) is 0 Å². The van der Waals surface area contributed by atoms with E-state index in [0.29, 0.717) is 9.52 Å². The molecule has 0 aromatic rings. The van der Waals surface area contributed by atoms with E-state index < -0.39 is 0 Å². The average molecular weight is 110 g/mol. The van der Waals surface area contributed by atoms with E-state index in [-0.39, 0.29) is 0 Å². The zero-order valence-corrected chi connectivity index (χ0v) is 5.86. The maximum Gasteiger partial charge on any atom is 0.150 e. The molecule has 1 atom stereocenters. The fourth-order valence-corrected chi connectivity index (χ4v) is 0.733. The van der Waals surface area contributed by atoms with Gasteiger partial charge in [0, 0.05) is 0 Å². The molecule has 0 N–H and O–H groups in total. The van der Waals surface area contributed by atoms with E-state index in [2.05, 4.69) is 19.4 Å². The fraction of sp³-hybridized carbons (Fsp3) is 0.667. The highest BCUT2D eigenvalue weighted by Gasteiger charge is 1.93. The summed E-state index contributed by atoms with van der Waals surface area (Å²) in [6.07, 6.45) is 6.28. The molecule has 0 saturated heterocycles. The Hall–Kier alpha value is -0.223. The Kier molecular flexibility index (Phi) is 3.82. The zero-order valence-electron chi connectivity index (χ0n) is 4.86. The molecule has 7 heavy (non-hydrogen) atoms. The molecule has 0 aliphatic rings. The number of hydrogen-bond acceptors (Lipinski definition) is 0. The van der Waals surface area contributed by atoms with Crippen molar-refractivity contribution >= 4 is 9.52 Å². The van der Waals surface area contributed by atoms with E-state index in [1.54, 1.807) is 0 Å². The molecule has 38 valence electrons. The van der Waals surface area contributed by atoms with Crippen molar-refractivity contribution in [2.24, 2.45) is 0 Å². The third-order valence-corrected chi connectivity index (χ3v) is 2.01. The SMILES string of the molecule is C#C[Si]C(C)CC. The molecule has 0 fully saturated rings. The predicted molar refractivity (Wildman–Crippen MR) is 34.3 cm³/mol. The normalized spacial score (nSPS) is 12.7. The summed E-state index contributed by atoms with van der Waals surface area (Å²) in [5.41, 5.74) is 3.39. The Bertz CT molecular complexity index is 70.7. The molecule has 0 aromatic heterocycles. The molecule has 2 radical (unpaired) electrons. The van der Waals surface area contributed by atoms with Crippen molar-refractivity contribution in [1.29, 1.82) is 0 Å². The lowest BCUT2D eigenvalue weighted by molar-refractivity contribution is 0.875. The van der Waals surface area contributed by atoms with Crippen molar-refractivity contribution < 1.29 is 0 Å². The van der Waals surface area contributed by atoms with Crippen LogP contribution < -0.4 is 0 Å². The Morgan fingerprint density at radius 3 is 2.57 bits per heavy atom. The summed E-state index contributed by atoms with van der Waals surface area (Å²) in [6.45, 7) is 4.34. The third-order valence-electron chi connectivity index (χ3n) is 0.942. The van der Waals surface area contributed by atoms with Gasteiger partial charge in [-0.25, -0.2) is 0 Å². The second-order valence-electron chi connectivity index (χ2n) is 1.60. The molecule has 0 amide bonds. The van der Waals surface area contributed by atoms with Gasteiger partial charge in [-0.3, -0.25) is 0 Å². The molecule has 0 nitrogen and oxygen atoms in total. The van der Waals surface area contributed by atoms with Gasteiger partial charge in [0.05, 0.1) is 0 Å². The van der Waals surface area contributed by atoms with E-state index in [0.717, 1.165) is 5.54 Å². The highest BCUT2D eigenvalue weighted by atomic mass is 28.2. The predicted octanol–water partition coefficient (Wildman–Crippen LogP) is 1.50. The van der Waals surface area contributed by atoms with Crippen LogP contribution in [0.5, 0.6) is 0 Å². The molecule has 0 aliphatic heterocycles. The molecule has 0 saturated carbocycles. The Morgan fingerprint density at radius 1 is 1.86 bits per heavy atom. The van der Waals surface area contributed by atoms with Gasteiger partial charge < -0.3 is 0 Å². The minimum atomic E-state index is 0.716. The summed E-state index contributed by atoms with van der Waals surface area (Å²) in [5.74, 6) is 0. The maximum absolute atomic E-state index is 5.07. The molecule has 1 unspecified atom stereocenters. The van der Waals surface area contributed by atoms with E-state index in [1.165, 1.54) is 6.42 Å². The first-order valence-corrected chi connectivity index (χ1v) is 3.60. The van der Waals surface area contributed by atoms with Crippen LogP contribution in [0.1, 0.15) is 20.3 Å². The van der Waals surface area contributed by atoms with Crippen molar-refractivity contribution in [2.45, 2.75) is 25.8 Å². The molecular weight excluding hydrogens is 100 g/mol. The van der Waals surface area contributed by atoms with Gasteiger partial charge in [-0.1, -0.05) is 20.3 Å². The molecule has 0 bridgehead atoms. The second-order valence-corrected chi connectivity index (χ2v) is 3.16. The minimum absolute atomic E-state index is 0.716. The fourth-order valence-electron chi connectivity index (χ4n) is 0.244. The summed E-state index contributed by atoms with van der Waals surface area (Å²) in [7, 11) is 0.716. The van der Waals surface area contributed by atoms with Crippen LogP contribution in [-0.4, -0.2) is 9.52 Å². The second kappa shape index (κ2) is 3.95. The molecule has 0 heterocycles. The highest BCUT2D eigenvalue weighted by molar-refractivity contribution is 6.47. The summed E-state index contributed by atoms with van der Waals surface area (Å²) in [6, 6.07) is 0. The Labute approximate surface area is 48.1 Å². The number of hydrogen-bond donors (Lipinski definition) is 0. The smallest absolute Gasteiger partial charge is 0.139 e. The van der Waals surface area contributed by atoms with Crippen LogP contribution in [0.15, 0.2) is 0 Å². The summed E-state index contributed by atoms with van der Waals surface area (Å²) in [4.78, 5) is 0. The topological polar surface area (TPSA) is 0 Å². The van der Waals surface area contributed by atoms with Gasteiger partial charge in [0.2, 0.25) is 0 Å². The van der Waals surface area contributed by atoms with Crippen molar-refractivity contribution in [3.63, 3.8) is 0 Å². The lowest BCUT2D eigenvalue weighted by atomic mass is 10.4. The highest BCUT2D eigenvalue weighted by Crippen LogP contribution is 2.03. The molecule has 1 heteroatoms. The van der Waals surface area contributed by atoms with Crippen molar-refractivity contribution in [3.05, 3.63) is 0 Å². The quantitative estimate of drug-likeness (QED) is 0.373. The van der Waals surface area contributed by atoms with Crippen LogP contribution in [-0.2, 0) is 0 Å². The molecular formula is C6H10Si. The standard InChI is InChI=1S/C6H10Si/c1-4-6(3)7-5-2/h2,6H,4H2,1,3H3.